The second-order valence-corrected chi connectivity index (χ2v) is 5.96. The molecule has 0 bridgehead atoms. The van der Waals surface area contributed by atoms with Crippen LogP contribution in [0.25, 0.3) is 0 Å². The number of rotatable bonds is 9. The molecule has 142 valence electrons. The summed E-state index contributed by atoms with van der Waals surface area (Å²) in [6.07, 6.45) is 3.88. The molecule has 0 unspecified atom stereocenters. The van der Waals surface area contributed by atoms with E-state index in [1.54, 1.807) is 7.11 Å². The molecule has 7 nitrogen and oxygen atoms in total. The molecule has 0 aliphatic heterocycles. The smallest absolute Gasteiger partial charge is 0.193 e. The maximum absolute atomic E-state index is 5.79. The van der Waals surface area contributed by atoms with Crippen LogP contribution in [-0.2, 0) is 6.54 Å². The van der Waals surface area contributed by atoms with Gasteiger partial charge in [-0.15, -0.1) is 0 Å². The molecule has 0 spiro atoms. The summed E-state index contributed by atoms with van der Waals surface area (Å²) in [5, 5.41) is 7.60. The molecule has 1 heterocycles. The maximum Gasteiger partial charge on any atom is 0.193 e. The lowest BCUT2D eigenvalue weighted by atomic mass is 10.3. The molecule has 2 aromatic rings. The van der Waals surface area contributed by atoms with Gasteiger partial charge < -0.3 is 19.7 Å². The minimum absolute atomic E-state index is 0.575. The Hall–Kier alpha value is -2.70. The first kappa shape index (κ1) is 19.6. The number of aromatic nitrogens is 2. The lowest BCUT2D eigenvalue weighted by Gasteiger charge is -2.22. The van der Waals surface area contributed by atoms with Crippen LogP contribution in [0.1, 0.15) is 12.5 Å². The van der Waals surface area contributed by atoms with Gasteiger partial charge in [-0.1, -0.05) is 0 Å². The zero-order chi connectivity index (χ0) is 18.8. The van der Waals surface area contributed by atoms with Gasteiger partial charge in [-0.05, 0) is 43.7 Å². The quantitative estimate of drug-likeness (QED) is 0.549. The van der Waals surface area contributed by atoms with Crippen LogP contribution in [-0.4, -0.2) is 61.0 Å². The zero-order valence-electron chi connectivity index (χ0n) is 16.1. The number of nitrogens with one attached hydrogen (secondary N) is 1. The fourth-order valence-electron chi connectivity index (χ4n) is 2.40. The number of guanidine groups is 1. The summed E-state index contributed by atoms with van der Waals surface area (Å²) in [5.74, 6) is 2.52. The molecule has 2 rings (SSSR count). The van der Waals surface area contributed by atoms with Crippen LogP contribution in [0.15, 0.2) is 41.7 Å². The number of methoxy groups -OCH3 is 1. The van der Waals surface area contributed by atoms with Gasteiger partial charge in [-0.25, -0.2) is 0 Å². The molecule has 1 N–H and O–H groups in total. The standard InChI is InChI=1S/C19H29N5O2/c1-5-20-19(21-10-11-24-15-16(2)14-22-24)23(3)12-13-26-18-8-6-17(25-4)7-9-18/h6-9,14-15H,5,10-13H2,1-4H3,(H,20,21). The van der Waals surface area contributed by atoms with Gasteiger partial charge in [-0.3, -0.25) is 9.67 Å². The van der Waals surface area contributed by atoms with Crippen LogP contribution in [0, 0.1) is 6.92 Å². The number of hydrogen-bond acceptors (Lipinski definition) is 4. The average molecular weight is 359 g/mol. The summed E-state index contributed by atoms with van der Waals surface area (Å²) in [6, 6.07) is 7.59. The fourth-order valence-corrected chi connectivity index (χ4v) is 2.40. The van der Waals surface area contributed by atoms with Crippen molar-refractivity contribution in [2.24, 2.45) is 4.99 Å². The molecule has 0 aliphatic carbocycles. The van der Waals surface area contributed by atoms with Crippen molar-refractivity contribution >= 4 is 5.96 Å². The topological polar surface area (TPSA) is 63.9 Å². The van der Waals surface area contributed by atoms with E-state index in [2.05, 4.69) is 27.2 Å². The van der Waals surface area contributed by atoms with Crippen LogP contribution in [0.2, 0.25) is 0 Å². The van der Waals surface area contributed by atoms with Crippen LogP contribution in [0.5, 0.6) is 11.5 Å². The molecular formula is C19H29N5O2. The third-order valence-corrected chi connectivity index (χ3v) is 3.80. The van der Waals surface area contributed by atoms with E-state index < -0.39 is 0 Å². The van der Waals surface area contributed by atoms with E-state index in [0.717, 1.165) is 42.7 Å². The van der Waals surface area contributed by atoms with Gasteiger partial charge in [0.05, 0.1) is 32.9 Å². The van der Waals surface area contributed by atoms with Crippen molar-refractivity contribution in [1.29, 1.82) is 0 Å². The SMILES string of the molecule is CCNC(=NCCn1cc(C)cn1)N(C)CCOc1ccc(OC)cc1. The van der Waals surface area contributed by atoms with E-state index in [9.17, 15) is 0 Å². The van der Waals surface area contributed by atoms with Gasteiger partial charge >= 0.3 is 0 Å². The summed E-state index contributed by atoms with van der Waals surface area (Å²) >= 11 is 0. The number of aliphatic imine (C=N–C) groups is 1. The van der Waals surface area contributed by atoms with Gasteiger partial charge in [0.1, 0.15) is 18.1 Å². The Balaban J connectivity index is 1.80. The summed E-state index contributed by atoms with van der Waals surface area (Å²) in [4.78, 5) is 6.74. The fraction of sp³-hybridized carbons (Fsp3) is 0.474. The van der Waals surface area contributed by atoms with E-state index in [1.807, 2.05) is 55.3 Å². The van der Waals surface area contributed by atoms with Crippen LogP contribution < -0.4 is 14.8 Å². The zero-order valence-corrected chi connectivity index (χ0v) is 16.1. The van der Waals surface area contributed by atoms with Crippen molar-refractivity contribution in [3.8, 4) is 11.5 Å². The maximum atomic E-state index is 5.79. The number of benzene rings is 1. The van der Waals surface area contributed by atoms with Crippen molar-refractivity contribution in [3.05, 3.63) is 42.2 Å². The molecule has 26 heavy (non-hydrogen) atoms. The highest BCUT2D eigenvalue weighted by Crippen LogP contribution is 2.16. The summed E-state index contributed by atoms with van der Waals surface area (Å²) < 4.78 is 12.8. The van der Waals surface area contributed by atoms with Gasteiger partial charge in [0.15, 0.2) is 5.96 Å². The van der Waals surface area contributed by atoms with E-state index in [1.165, 1.54) is 0 Å². The number of ether oxygens (including phenoxy) is 2. The molecular weight excluding hydrogens is 330 g/mol. The lowest BCUT2D eigenvalue weighted by molar-refractivity contribution is 0.281. The summed E-state index contributed by atoms with van der Waals surface area (Å²) in [6.45, 7) is 7.67. The van der Waals surface area contributed by atoms with E-state index in [-0.39, 0.29) is 0 Å². The number of nitrogens with zero attached hydrogens (tertiary/aromatic N) is 4. The number of likely N-dealkylation sites (N-methyl/N-ethyl adjacent to an activating group) is 1. The van der Waals surface area contributed by atoms with E-state index >= 15 is 0 Å². The van der Waals surface area contributed by atoms with Crippen molar-refractivity contribution in [3.63, 3.8) is 0 Å². The first-order valence-corrected chi connectivity index (χ1v) is 8.87. The van der Waals surface area contributed by atoms with Gasteiger partial charge in [0.2, 0.25) is 0 Å². The molecule has 1 aromatic heterocycles. The molecule has 0 saturated heterocycles. The Kier molecular flexibility index (Phi) is 7.79. The average Bonchev–Trinajstić information content (AvgIpc) is 3.06. The lowest BCUT2D eigenvalue weighted by Crippen LogP contribution is -2.41. The molecule has 0 amide bonds. The van der Waals surface area contributed by atoms with Crippen molar-refractivity contribution in [2.75, 3.05) is 40.4 Å². The monoisotopic (exact) mass is 359 g/mol. The first-order valence-electron chi connectivity index (χ1n) is 8.87. The second kappa shape index (κ2) is 10.3. The third kappa shape index (κ3) is 6.31. The molecule has 0 atom stereocenters. The molecule has 0 radical (unpaired) electrons. The predicted molar refractivity (Wildman–Crippen MR) is 104 cm³/mol. The van der Waals surface area contributed by atoms with Gasteiger partial charge in [-0.2, -0.15) is 5.10 Å². The molecule has 0 saturated carbocycles. The normalized spacial score (nSPS) is 11.3. The highest BCUT2D eigenvalue weighted by molar-refractivity contribution is 5.79. The first-order chi connectivity index (χ1) is 12.6. The van der Waals surface area contributed by atoms with Gasteiger partial charge in [0, 0.05) is 19.8 Å². The minimum atomic E-state index is 0.575. The van der Waals surface area contributed by atoms with E-state index in [4.69, 9.17) is 9.47 Å². The minimum Gasteiger partial charge on any atom is -0.497 e. The highest BCUT2D eigenvalue weighted by Gasteiger charge is 2.06. The van der Waals surface area contributed by atoms with Crippen molar-refractivity contribution < 1.29 is 9.47 Å². The largest absolute Gasteiger partial charge is 0.497 e. The molecule has 0 fully saturated rings. The Morgan fingerprint density at radius 2 is 2.00 bits per heavy atom. The number of hydrogen-bond donors (Lipinski definition) is 1. The van der Waals surface area contributed by atoms with Crippen LogP contribution in [0.4, 0.5) is 0 Å². The summed E-state index contributed by atoms with van der Waals surface area (Å²) in [7, 11) is 3.66. The predicted octanol–water partition coefficient (Wildman–Crippen LogP) is 2.18. The third-order valence-electron chi connectivity index (χ3n) is 3.80. The Bertz CT molecular complexity index is 681. The van der Waals surface area contributed by atoms with Crippen molar-refractivity contribution in [2.45, 2.75) is 20.4 Å². The molecule has 1 aromatic carbocycles. The number of aryl methyl sites for hydroxylation is 1. The van der Waals surface area contributed by atoms with Crippen LogP contribution >= 0.6 is 0 Å². The Labute approximate surface area is 155 Å². The Morgan fingerprint density at radius 1 is 1.27 bits per heavy atom. The molecule has 0 aliphatic rings. The summed E-state index contributed by atoms with van der Waals surface area (Å²) in [5.41, 5.74) is 1.16. The molecule has 7 heteroatoms. The van der Waals surface area contributed by atoms with Crippen LogP contribution in [0.3, 0.4) is 0 Å². The second-order valence-electron chi connectivity index (χ2n) is 5.96. The van der Waals surface area contributed by atoms with Gasteiger partial charge in [0.25, 0.3) is 0 Å². The Morgan fingerprint density at radius 3 is 2.62 bits per heavy atom. The highest BCUT2D eigenvalue weighted by atomic mass is 16.5. The van der Waals surface area contributed by atoms with E-state index in [0.29, 0.717) is 13.2 Å². The van der Waals surface area contributed by atoms with Crippen molar-refractivity contribution in [1.82, 2.24) is 20.0 Å².